The standard InChI is InChI=1S/C15H15FN2O/c1-18(10-11-5-3-2-4-6-11)15(19)12-7-8-13(16)14(17)9-12/h2-9H,10,17H2,1H3. The minimum absolute atomic E-state index is 0.0149. The lowest BCUT2D eigenvalue weighted by atomic mass is 10.1. The molecule has 0 radical (unpaired) electrons. The largest absolute Gasteiger partial charge is 0.396 e. The molecule has 0 aliphatic carbocycles. The number of hydrogen-bond donors (Lipinski definition) is 1. The Hall–Kier alpha value is -2.36. The van der Waals surface area contributed by atoms with Crippen LogP contribution in [0.1, 0.15) is 15.9 Å². The molecule has 0 saturated carbocycles. The van der Waals surface area contributed by atoms with Crippen LogP contribution in [0.25, 0.3) is 0 Å². The maximum Gasteiger partial charge on any atom is 0.253 e. The number of halogens is 1. The molecular weight excluding hydrogens is 243 g/mol. The summed E-state index contributed by atoms with van der Waals surface area (Å²) in [5, 5.41) is 0. The van der Waals surface area contributed by atoms with E-state index in [1.807, 2.05) is 30.3 Å². The van der Waals surface area contributed by atoms with Crippen LogP contribution in [0.4, 0.5) is 10.1 Å². The first-order chi connectivity index (χ1) is 9.08. The minimum Gasteiger partial charge on any atom is -0.396 e. The number of anilines is 1. The highest BCUT2D eigenvalue weighted by molar-refractivity contribution is 5.94. The van der Waals surface area contributed by atoms with Gasteiger partial charge in [0.05, 0.1) is 5.69 Å². The van der Waals surface area contributed by atoms with E-state index in [2.05, 4.69) is 0 Å². The van der Waals surface area contributed by atoms with Gasteiger partial charge >= 0.3 is 0 Å². The van der Waals surface area contributed by atoms with E-state index in [9.17, 15) is 9.18 Å². The normalized spacial score (nSPS) is 10.2. The molecule has 0 aliphatic rings. The van der Waals surface area contributed by atoms with Gasteiger partial charge in [-0.1, -0.05) is 30.3 Å². The highest BCUT2D eigenvalue weighted by atomic mass is 19.1. The number of benzene rings is 2. The Kier molecular flexibility index (Phi) is 3.80. The summed E-state index contributed by atoms with van der Waals surface area (Å²) >= 11 is 0. The molecule has 0 atom stereocenters. The van der Waals surface area contributed by atoms with Crippen molar-refractivity contribution in [2.24, 2.45) is 0 Å². The summed E-state index contributed by atoms with van der Waals surface area (Å²) < 4.78 is 13.1. The van der Waals surface area contributed by atoms with Gasteiger partial charge in [0.25, 0.3) is 5.91 Å². The zero-order valence-corrected chi connectivity index (χ0v) is 10.6. The van der Waals surface area contributed by atoms with Crippen molar-refractivity contribution < 1.29 is 9.18 Å². The zero-order valence-electron chi connectivity index (χ0n) is 10.6. The number of rotatable bonds is 3. The number of amides is 1. The Morgan fingerprint density at radius 1 is 1.21 bits per heavy atom. The number of carbonyl (C=O) groups is 1. The van der Waals surface area contributed by atoms with Crippen molar-refractivity contribution in [3.63, 3.8) is 0 Å². The van der Waals surface area contributed by atoms with Gasteiger partial charge in [-0.25, -0.2) is 4.39 Å². The maximum absolute atomic E-state index is 13.1. The van der Waals surface area contributed by atoms with Crippen LogP contribution >= 0.6 is 0 Å². The van der Waals surface area contributed by atoms with Gasteiger partial charge in [0.1, 0.15) is 5.82 Å². The second-order valence-corrected chi connectivity index (χ2v) is 4.38. The van der Waals surface area contributed by atoms with E-state index in [4.69, 9.17) is 5.73 Å². The first-order valence-electron chi connectivity index (χ1n) is 5.92. The summed E-state index contributed by atoms with van der Waals surface area (Å²) in [6.07, 6.45) is 0. The van der Waals surface area contributed by atoms with Crippen molar-refractivity contribution in [1.29, 1.82) is 0 Å². The lowest BCUT2D eigenvalue weighted by Gasteiger charge is -2.17. The number of hydrogen-bond acceptors (Lipinski definition) is 2. The number of nitrogens with two attached hydrogens (primary N) is 1. The number of nitrogens with zero attached hydrogens (tertiary/aromatic N) is 1. The topological polar surface area (TPSA) is 46.3 Å². The van der Waals surface area contributed by atoms with Crippen LogP contribution in [-0.4, -0.2) is 17.9 Å². The Morgan fingerprint density at radius 3 is 2.53 bits per heavy atom. The number of carbonyl (C=O) groups excluding carboxylic acids is 1. The third kappa shape index (κ3) is 3.10. The fraction of sp³-hybridized carbons (Fsp3) is 0.133. The molecule has 0 fully saturated rings. The molecule has 0 unspecified atom stereocenters. The Morgan fingerprint density at radius 2 is 1.89 bits per heavy atom. The highest BCUT2D eigenvalue weighted by Crippen LogP contribution is 2.14. The Bertz CT molecular complexity index is 584. The molecule has 4 heteroatoms. The van der Waals surface area contributed by atoms with Crippen LogP contribution in [0.3, 0.4) is 0 Å². The molecule has 98 valence electrons. The predicted molar refractivity (Wildman–Crippen MR) is 73.1 cm³/mol. The first-order valence-corrected chi connectivity index (χ1v) is 5.92. The van der Waals surface area contributed by atoms with Gasteiger partial charge in [0.2, 0.25) is 0 Å². The Labute approximate surface area is 111 Å². The molecule has 2 rings (SSSR count). The van der Waals surface area contributed by atoms with Crippen molar-refractivity contribution in [2.75, 3.05) is 12.8 Å². The number of nitrogen functional groups attached to an aromatic ring is 1. The van der Waals surface area contributed by atoms with E-state index >= 15 is 0 Å². The zero-order chi connectivity index (χ0) is 13.8. The van der Waals surface area contributed by atoms with E-state index in [1.165, 1.54) is 18.2 Å². The van der Waals surface area contributed by atoms with Crippen LogP contribution < -0.4 is 5.73 Å². The van der Waals surface area contributed by atoms with E-state index in [-0.39, 0.29) is 11.6 Å². The lowest BCUT2D eigenvalue weighted by Crippen LogP contribution is -2.26. The summed E-state index contributed by atoms with van der Waals surface area (Å²) in [4.78, 5) is 13.7. The maximum atomic E-state index is 13.1. The molecule has 0 spiro atoms. The minimum atomic E-state index is -0.512. The smallest absolute Gasteiger partial charge is 0.253 e. The van der Waals surface area contributed by atoms with Gasteiger partial charge in [-0.2, -0.15) is 0 Å². The Balaban J connectivity index is 2.12. The fourth-order valence-corrected chi connectivity index (χ4v) is 1.83. The quantitative estimate of drug-likeness (QED) is 0.860. The van der Waals surface area contributed by atoms with E-state index in [0.29, 0.717) is 12.1 Å². The monoisotopic (exact) mass is 258 g/mol. The van der Waals surface area contributed by atoms with Gasteiger partial charge in [0.15, 0.2) is 0 Å². The average molecular weight is 258 g/mol. The first kappa shape index (κ1) is 13.1. The molecule has 2 aromatic rings. The van der Waals surface area contributed by atoms with Crippen molar-refractivity contribution in [3.05, 3.63) is 65.5 Å². The van der Waals surface area contributed by atoms with Crippen LogP contribution in [0, 0.1) is 5.82 Å². The van der Waals surface area contributed by atoms with Crippen LogP contribution in [0.2, 0.25) is 0 Å². The highest BCUT2D eigenvalue weighted by Gasteiger charge is 2.13. The van der Waals surface area contributed by atoms with Crippen LogP contribution in [-0.2, 0) is 6.54 Å². The molecule has 19 heavy (non-hydrogen) atoms. The summed E-state index contributed by atoms with van der Waals surface area (Å²) in [6, 6.07) is 13.7. The van der Waals surface area contributed by atoms with Gasteiger partial charge in [-0.15, -0.1) is 0 Å². The SMILES string of the molecule is CN(Cc1ccccc1)C(=O)c1ccc(F)c(N)c1. The molecule has 0 heterocycles. The lowest BCUT2D eigenvalue weighted by molar-refractivity contribution is 0.0785. The molecule has 0 saturated heterocycles. The summed E-state index contributed by atoms with van der Waals surface area (Å²) in [5.41, 5.74) is 6.87. The van der Waals surface area contributed by atoms with E-state index < -0.39 is 5.82 Å². The van der Waals surface area contributed by atoms with E-state index in [1.54, 1.807) is 11.9 Å². The molecular formula is C15H15FN2O. The third-order valence-corrected chi connectivity index (χ3v) is 2.85. The predicted octanol–water partition coefficient (Wildman–Crippen LogP) is 2.68. The van der Waals surface area contributed by atoms with Crippen LogP contribution in [0.15, 0.2) is 48.5 Å². The molecule has 0 aromatic heterocycles. The second kappa shape index (κ2) is 5.52. The van der Waals surface area contributed by atoms with Crippen LogP contribution in [0.5, 0.6) is 0 Å². The molecule has 0 bridgehead atoms. The molecule has 3 nitrogen and oxygen atoms in total. The van der Waals surface area contributed by atoms with Gasteiger partial charge in [-0.05, 0) is 23.8 Å². The van der Waals surface area contributed by atoms with Crippen molar-refractivity contribution in [2.45, 2.75) is 6.54 Å². The van der Waals surface area contributed by atoms with Crippen molar-refractivity contribution in [3.8, 4) is 0 Å². The summed E-state index contributed by atoms with van der Waals surface area (Å²) in [5.74, 6) is -0.696. The molecule has 2 N–H and O–H groups in total. The van der Waals surface area contributed by atoms with Crippen molar-refractivity contribution in [1.82, 2.24) is 4.90 Å². The van der Waals surface area contributed by atoms with Gasteiger partial charge in [-0.3, -0.25) is 4.79 Å². The summed E-state index contributed by atoms with van der Waals surface area (Å²) in [6.45, 7) is 0.497. The molecule has 1 amide bonds. The van der Waals surface area contributed by atoms with Gasteiger partial charge < -0.3 is 10.6 Å². The average Bonchev–Trinajstić information content (AvgIpc) is 2.42. The molecule has 0 aliphatic heterocycles. The van der Waals surface area contributed by atoms with E-state index in [0.717, 1.165) is 5.56 Å². The summed E-state index contributed by atoms with van der Waals surface area (Å²) in [7, 11) is 1.70. The molecule has 2 aromatic carbocycles. The second-order valence-electron chi connectivity index (χ2n) is 4.38. The van der Waals surface area contributed by atoms with Gasteiger partial charge in [0, 0.05) is 19.2 Å². The van der Waals surface area contributed by atoms with Crippen molar-refractivity contribution >= 4 is 11.6 Å². The fourth-order valence-electron chi connectivity index (χ4n) is 1.83. The third-order valence-electron chi connectivity index (χ3n) is 2.85.